The number of rotatable bonds is 4. The lowest BCUT2D eigenvalue weighted by Crippen LogP contribution is -2.47. The van der Waals surface area contributed by atoms with Gasteiger partial charge in [0.05, 0.1) is 12.6 Å². The van der Waals surface area contributed by atoms with Gasteiger partial charge in [-0.3, -0.25) is 9.69 Å². The molecule has 2 N–H and O–H groups in total. The molecular weight excluding hydrogens is 280 g/mol. The fraction of sp³-hybridized carbons (Fsp3) is 0.438. The Labute approximate surface area is 129 Å². The van der Waals surface area contributed by atoms with E-state index in [0.717, 1.165) is 31.4 Å². The highest BCUT2D eigenvalue weighted by molar-refractivity contribution is 5.79. The Kier molecular flexibility index (Phi) is 4.20. The van der Waals surface area contributed by atoms with Gasteiger partial charge in [0.2, 0.25) is 17.6 Å². The van der Waals surface area contributed by atoms with E-state index < -0.39 is 0 Å². The van der Waals surface area contributed by atoms with E-state index in [9.17, 15) is 4.79 Å². The van der Waals surface area contributed by atoms with Crippen LogP contribution in [0.3, 0.4) is 0 Å². The average Bonchev–Trinajstić information content (AvgIpc) is 2.97. The minimum Gasteiger partial charge on any atom is -0.368 e. The number of hydrogen-bond donors (Lipinski definition) is 1. The molecule has 1 saturated heterocycles. The van der Waals surface area contributed by atoms with Crippen LogP contribution in [0.1, 0.15) is 30.7 Å². The van der Waals surface area contributed by atoms with E-state index in [0.29, 0.717) is 18.3 Å². The first-order valence-electron chi connectivity index (χ1n) is 7.56. The Bertz CT molecular complexity index is 650. The quantitative estimate of drug-likeness (QED) is 0.932. The summed E-state index contributed by atoms with van der Waals surface area (Å²) in [6, 6.07) is 7.73. The summed E-state index contributed by atoms with van der Waals surface area (Å²) in [5.74, 6) is 0.810. The van der Waals surface area contributed by atoms with Gasteiger partial charge >= 0.3 is 0 Å². The topological polar surface area (TPSA) is 85.3 Å². The van der Waals surface area contributed by atoms with Crippen molar-refractivity contribution < 1.29 is 9.32 Å². The van der Waals surface area contributed by atoms with E-state index in [-0.39, 0.29) is 11.9 Å². The van der Waals surface area contributed by atoms with Gasteiger partial charge < -0.3 is 10.3 Å². The number of hydrogen-bond acceptors (Lipinski definition) is 5. The number of nitrogens with zero attached hydrogens (tertiary/aromatic N) is 3. The first-order chi connectivity index (χ1) is 10.6. The first-order valence-corrected chi connectivity index (χ1v) is 7.56. The van der Waals surface area contributed by atoms with E-state index >= 15 is 0 Å². The van der Waals surface area contributed by atoms with Crippen molar-refractivity contribution >= 4 is 5.91 Å². The predicted octanol–water partition coefficient (Wildman–Crippen LogP) is 1.88. The maximum Gasteiger partial charge on any atom is 0.241 e. The molecule has 0 radical (unpaired) electrons. The van der Waals surface area contributed by atoms with Gasteiger partial charge in [-0.15, -0.1) is 0 Å². The van der Waals surface area contributed by atoms with Crippen molar-refractivity contribution in [1.82, 2.24) is 15.0 Å². The molecule has 1 amide bonds. The normalized spacial score (nSPS) is 19.2. The number of aryl methyl sites for hydroxylation is 1. The maximum absolute atomic E-state index is 11.5. The van der Waals surface area contributed by atoms with Gasteiger partial charge in [0.15, 0.2) is 0 Å². The Hall–Kier alpha value is -2.21. The summed E-state index contributed by atoms with van der Waals surface area (Å²) in [7, 11) is 0. The molecule has 0 bridgehead atoms. The summed E-state index contributed by atoms with van der Waals surface area (Å²) in [5.41, 5.74) is 7.58. The molecule has 1 aromatic carbocycles. The number of aromatic nitrogens is 2. The maximum atomic E-state index is 11.5. The third-order valence-corrected chi connectivity index (χ3v) is 4.06. The van der Waals surface area contributed by atoms with Crippen molar-refractivity contribution in [3.05, 3.63) is 35.7 Å². The molecule has 2 aromatic rings. The zero-order valence-electron chi connectivity index (χ0n) is 12.7. The zero-order valence-corrected chi connectivity index (χ0v) is 12.7. The Morgan fingerprint density at radius 1 is 1.36 bits per heavy atom. The highest BCUT2D eigenvalue weighted by atomic mass is 16.5. The van der Waals surface area contributed by atoms with Crippen molar-refractivity contribution in [2.24, 2.45) is 5.73 Å². The van der Waals surface area contributed by atoms with Gasteiger partial charge in [0.25, 0.3) is 0 Å². The van der Waals surface area contributed by atoms with Crippen LogP contribution in [0.5, 0.6) is 0 Å². The molecular formula is C16H20N4O2. The highest BCUT2D eigenvalue weighted by Crippen LogP contribution is 2.21. The lowest BCUT2D eigenvalue weighted by atomic mass is 10.0. The van der Waals surface area contributed by atoms with Crippen LogP contribution in [0.25, 0.3) is 11.4 Å². The second-order valence-corrected chi connectivity index (χ2v) is 5.76. The van der Waals surface area contributed by atoms with E-state index in [2.05, 4.69) is 10.1 Å². The molecule has 116 valence electrons. The Morgan fingerprint density at radius 3 is 2.86 bits per heavy atom. The van der Waals surface area contributed by atoms with Crippen LogP contribution in [0.4, 0.5) is 0 Å². The number of nitrogens with two attached hydrogens (primary N) is 1. The van der Waals surface area contributed by atoms with Crippen LogP contribution < -0.4 is 5.73 Å². The summed E-state index contributed by atoms with van der Waals surface area (Å²) >= 11 is 0. The summed E-state index contributed by atoms with van der Waals surface area (Å²) in [4.78, 5) is 18.0. The van der Waals surface area contributed by atoms with Gasteiger partial charge in [-0.1, -0.05) is 41.4 Å². The Balaban J connectivity index is 1.73. The fourth-order valence-corrected chi connectivity index (χ4v) is 2.82. The smallest absolute Gasteiger partial charge is 0.241 e. The molecule has 1 aliphatic rings. The van der Waals surface area contributed by atoms with Crippen LogP contribution in [0.15, 0.2) is 28.8 Å². The van der Waals surface area contributed by atoms with Crippen LogP contribution in [-0.2, 0) is 11.3 Å². The first kappa shape index (κ1) is 14.7. The molecule has 1 atom stereocenters. The molecule has 6 heteroatoms. The molecule has 3 rings (SSSR count). The summed E-state index contributed by atoms with van der Waals surface area (Å²) in [5, 5.41) is 4.02. The van der Waals surface area contributed by atoms with Crippen molar-refractivity contribution in [1.29, 1.82) is 0 Å². The van der Waals surface area contributed by atoms with Crippen molar-refractivity contribution in [3.63, 3.8) is 0 Å². The molecule has 2 heterocycles. The lowest BCUT2D eigenvalue weighted by Gasteiger charge is -2.32. The number of primary amides is 1. The number of carbonyl (C=O) groups excluding carboxylic acids is 1. The standard InChI is InChI=1S/C16H20N4O2/c1-11-5-7-12(8-6-11)16-18-14(22-19-16)10-20-9-3-2-4-13(20)15(17)21/h5-8,13H,2-4,9-10H2,1H3,(H2,17,21)/t13-/m1/s1. The summed E-state index contributed by atoms with van der Waals surface area (Å²) in [6.45, 7) is 3.33. The van der Waals surface area contributed by atoms with Crippen molar-refractivity contribution in [3.8, 4) is 11.4 Å². The van der Waals surface area contributed by atoms with Crippen molar-refractivity contribution in [2.75, 3.05) is 6.54 Å². The number of piperidine rings is 1. The zero-order chi connectivity index (χ0) is 15.5. The van der Waals surface area contributed by atoms with Crippen LogP contribution in [0.2, 0.25) is 0 Å². The number of carbonyl (C=O) groups is 1. The van der Waals surface area contributed by atoms with Crippen LogP contribution >= 0.6 is 0 Å². The van der Waals surface area contributed by atoms with Crippen LogP contribution in [-0.4, -0.2) is 33.5 Å². The molecule has 0 unspecified atom stereocenters. The van der Waals surface area contributed by atoms with Gasteiger partial charge in [-0.2, -0.15) is 4.98 Å². The summed E-state index contributed by atoms with van der Waals surface area (Å²) < 4.78 is 5.33. The largest absolute Gasteiger partial charge is 0.368 e. The molecule has 0 spiro atoms. The average molecular weight is 300 g/mol. The monoisotopic (exact) mass is 300 g/mol. The number of likely N-dealkylation sites (tertiary alicyclic amines) is 1. The molecule has 0 aliphatic carbocycles. The minimum absolute atomic E-state index is 0.233. The fourth-order valence-electron chi connectivity index (χ4n) is 2.82. The van der Waals surface area contributed by atoms with E-state index in [1.54, 1.807) is 0 Å². The SMILES string of the molecule is Cc1ccc(-c2noc(CN3CCCC[C@@H]3C(N)=O)n2)cc1. The lowest BCUT2D eigenvalue weighted by molar-refractivity contribution is -0.124. The second kappa shape index (κ2) is 6.27. The number of amides is 1. The van der Waals surface area contributed by atoms with Gasteiger partial charge in [-0.05, 0) is 26.3 Å². The predicted molar refractivity (Wildman–Crippen MR) is 81.7 cm³/mol. The van der Waals surface area contributed by atoms with Crippen molar-refractivity contribution in [2.45, 2.75) is 38.8 Å². The molecule has 1 fully saturated rings. The van der Waals surface area contributed by atoms with E-state index in [1.807, 2.05) is 36.1 Å². The van der Waals surface area contributed by atoms with Gasteiger partial charge in [0, 0.05) is 5.56 Å². The molecule has 22 heavy (non-hydrogen) atoms. The van der Waals surface area contributed by atoms with E-state index in [1.165, 1.54) is 5.56 Å². The highest BCUT2D eigenvalue weighted by Gasteiger charge is 2.28. The molecule has 0 saturated carbocycles. The molecule has 1 aliphatic heterocycles. The minimum atomic E-state index is -0.280. The summed E-state index contributed by atoms with van der Waals surface area (Å²) in [6.07, 6.45) is 2.89. The Morgan fingerprint density at radius 2 is 2.14 bits per heavy atom. The number of benzene rings is 1. The molecule has 1 aromatic heterocycles. The molecule has 6 nitrogen and oxygen atoms in total. The third kappa shape index (κ3) is 3.17. The van der Waals surface area contributed by atoms with Gasteiger partial charge in [-0.25, -0.2) is 0 Å². The third-order valence-electron chi connectivity index (χ3n) is 4.06. The second-order valence-electron chi connectivity index (χ2n) is 5.76. The van der Waals surface area contributed by atoms with E-state index in [4.69, 9.17) is 10.3 Å². The van der Waals surface area contributed by atoms with Gasteiger partial charge in [0.1, 0.15) is 0 Å². The van der Waals surface area contributed by atoms with Crippen LogP contribution in [0, 0.1) is 6.92 Å².